The van der Waals surface area contributed by atoms with Gasteiger partial charge in [-0.05, 0) is 74.7 Å². The lowest BCUT2D eigenvalue weighted by atomic mass is 10.0. The topological polar surface area (TPSA) is 58.6 Å². The van der Waals surface area contributed by atoms with E-state index in [1.54, 1.807) is 4.90 Å². The molecule has 1 fully saturated rings. The molecule has 0 aliphatic carbocycles. The van der Waals surface area contributed by atoms with Gasteiger partial charge in [-0.2, -0.15) is 0 Å². The average Bonchev–Trinajstić information content (AvgIpc) is 3.05. The molecule has 2 aromatic rings. The number of carbonyl (C=O) groups is 2. The second-order valence-corrected chi connectivity index (χ2v) is 8.58. The van der Waals surface area contributed by atoms with Gasteiger partial charge >= 0.3 is 0 Å². The van der Waals surface area contributed by atoms with Crippen molar-refractivity contribution in [3.05, 3.63) is 52.0 Å². The minimum absolute atomic E-state index is 0.0362. The molecule has 1 saturated heterocycles. The highest BCUT2D eigenvalue weighted by Gasteiger charge is 2.35. The third-order valence-corrected chi connectivity index (χ3v) is 5.48. The van der Waals surface area contributed by atoms with Crippen LogP contribution in [0.5, 0.6) is 5.75 Å². The van der Waals surface area contributed by atoms with Crippen molar-refractivity contribution in [1.29, 1.82) is 0 Å². The molecule has 0 unspecified atom stereocenters. The second-order valence-electron chi connectivity index (χ2n) is 7.67. The number of halogens is 1. The maximum atomic E-state index is 12.9. The van der Waals surface area contributed by atoms with E-state index in [-0.39, 0.29) is 30.3 Å². The summed E-state index contributed by atoms with van der Waals surface area (Å²) in [6, 6.07) is 11.5. The summed E-state index contributed by atoms with van der Waals surface area (Å²) in [4.78, 5) is 27.1. The predicted molar refractivity (Wildman–Crippen MR) is 120 cm³/mol. The van der Waals surface area contributed by atoms with Crippen molar-refractivity contribution in [2.45, 2.75) is 46.6 Å². The lowest BCUT2D eigenvalue weighted by Crippen LogP contribution is -2.28. The van der Waals surface area contributed by atoms with Crippen LogP contribution in [0.4, 0.5) is 11.4 Å². The first-order chi connectivity index (χ1) is 13.8. The van der Waals surface area contributed by atoms with Crippen LogP contribution in [0.15, 0.2) is 40.9 Å². The van der Waals surface area contributed by atoms with E-state index in [0.29, 0.717) is 6.54 Å². The van der Waals surface area contributed by atoms with Crippen molar-refractivity contribution in [3.8, 4) is 5.75 Å². The number of aryl methyl sites for hydroxylation is 2. The van der Waals surface area contributed by atoms with E-state index in [1.165, 1.54) is 0 Å². The number of benzene rings is 2. The summed E-state index contributed by atoms with van der Waals surface area (Å²) in [5, 5.41) is 3.06. The first kappa shape index (κ1) is 21.4. The van der Waals surface area contributed by atoms with Crippen molar-refractivity contribution in [2.24, 2.45) is 5.92 Å². The molecule has 0 radical (unpaired) electrons. The largest absolute Gasteiger partial charge is 0.491 e. The van der Waals surface area contributed by atoms with Crippen LogP contribution in [0.3, 0.4) is 0 Å². The van der Waals surface area contributed by atoms with Crippen LogP contribution < -0.4 is 15.0 Å². The lowest BCUT2D eigenvalue weighted by Gasteiger charge is -2.19. The van der Waals surface area contributed by atoms with E-state index in [2.05, 4.69) is 28.2 Å². The molecular formula is C23H27BrN2O3. The Labute approximate surface area is 180 Å². The Hall–Kier alpha value is -2.34. The van der Waals surface area contributed by atoms with E-state index in [4.69, 9.17) is 4.74 Å². The fraction of sp³-hybridized carbons (Fsp3) is 0.391. The summed E-state index contributed by atoms with van der Waals surface area (Å²) >= 11 is 3.51. The van der Waals surface area contributed by atoms with E-state index < -0.39 is 0 Å². The Morgan fingerprint density at radius 2 is 1.97 bits per heavy atom. The molecule has 1 N–H and O–H groups in total. The average molecular weight is 459 g/mol. The highest BCUT2D eigenvalue weighted by Crippen LogP contribution is 2.30. The second kappa shape index (κ2) is 8.99. The van der Waals surface area contributed by atoms with Crippen molar-refractivity contribution in [3.63, 3.8) is 0 Å². The van der Waals surface area contributed by atoms with Crippen LogP contribution >= 0.6 is 15.9 Å². The summed E-state index contributed by atoms with van der Waals surface area (Å²) in [5.41, 5.74) is 3.72. The van der Waals surface area contributed by atoms with Gasteiger partial charge in [0, 0.05) is 28.8 Å². The first-order valence-electron chi connectivity index (χ1n) is 9.95. The molecule has 5 nitrogen and oxygen atoms in total. The van der Waals surface area contributed by atoms with Crippen LogP contribution in [0.1, 0.15) is 38.3 Å². The van der Waals surface area contributed by atoms with Crippen LogP contribution in [-0.4, -0.2) is 24.5 Å². The molecule has 0 spiro atoms. The van der Waals surface area contributed by atoms with Gasteiger partial charge in [0.15, 0.2) is 0 Å². The zero-order valence-corrected chi connectivity index (χ0v) is 18.9. The molecule has 2 aromatic carbocycles. The minimum atomic E-state index is -0.373. The van der Waals surface area contributed by atoms with Gasteiger partial charge in [0.25, 0.3) is 0 Å². The number of amides is 2. The molecule has 29 heavy (non-hydrogen) atoms. The molecule has 0 bridgehead atoms. The van der Waals surface area contributed by atoms with Crippen molar-refractivity contribution < 1.29 is 14.3 Å². The van der Waals surface area contributed by atoms with E-state index in [1.807, 2.05) is 57.2 Å². The van der Waals surface area contributed by atoms with Crippen molar-refractivity contribution in [1.82, 2.24) is 0 Å². The van der Waals surface area contributed by atoms with E-state index in [0.717, 1.165) is 39.1 Å². The van der Waals surface area contributed by atoms with Gasteiger partial charge in [0.2, 0.25) is 11.8 Å². The Kier molecular flexibility index (Phi) is 6.63. The number of carbonyl (C=O) groups excluding carboxylic acids is 2. The van der Waals surface area contributed by atoms with Crippen LogP contribution in [0.2, 0.25) is 0 Å². The highest BCUT2D eigenvalue weighted by atomic mass is 79.9. The number of ether oxygens (including phenoxy) is 1. The summed E-state index contributed by atoms with van der Waals surface area (Å²) in [6.07, 6.45) is 1.13. The molecule has 1 aliphatic rings. The summed E-state index contributed by atoms with van der Waals surface area (Å²) in [5.74, 6) is 0.246. The number of nitrogens with zero attached hydrogens (tertiary/aromatic N) is 1. The fourth-order valence-corrected chi connectivity index (χ4v) is 4.22. The molecule has 3 rings (SSSR count). The van der Waals surface area contributed by atoms with Gasteiger partial charge in [-0.1, -0.05) is 22.9 Å². The molecule has 0 saturated carbocycles. The Bertz CT molecular complexity index is 909. The highest BCUT2D eigenvalue weighted by molar-refractivity contribution is 9.10. The molecule has 1 atom stereocenters. The maximum Gasteiger partial charge on any atom is 0.229 e. The van der Waals surface area contributed by atoms with Crippen LogP contribution in [0.25, 0.3) is 0 Å². The number of hydrogen-bond donors (Lipinski definition) is 1. The molecule has 154 valence electrons. The predicted octanol–water partition coefficient (Wildman–Crippen LogP) is 5.10. The third kappa shape index (κ3) is 4.99. The SMILES string of the molecule is CCc1cc(Br)cc(C)c1NC(=O)[C@@H]1CC(=O)N(c2ccc(OC(C)C)cc2)C1. The molecule has 1 aliphatic heterocycles. The Morgan fingerprint density at radius 3 is 2.59 bits per heavy atom. The first-order valence-corrected chi connectivity index (χ1v) is 10.7. The molecule has 2 amide bonds. The van der Waals surface area contributed by atoms with Crippen molar-refractivity contribution in [2.75, 3.05) is 16.8 Å². The summed E-state index contributed by atoms with van der Waals surface area (Å²) in [7, 11) is 0. The van der Waals surface area contributed by atoms with Gasteiger partial charge in [-0.25, -0.2) is 0 Å². The smallest absolute Gasteiger partial charge is 0.229 e. The monoisotopic (exact) mass is 458 g/mol. The molecular weight excluding hydrogens is 432 g/mol. The minimum Gasteiger partial charge on any atom is -0.491 e. The maximum absolute atomic E-state index is 12.9. The molecule has 1 heterocycles. The van der Waals surface area contributed by atoms with Gasteiger partial charge < -0.3 is 15.0 Å². The molecule has 6 heteroatoms. The summed E-state index contributed by atoms with van der Waals surface area (Å²) in [6.45, 7) is 8.36. The zero-order chi connectivity index (χ0) is 21.1. The number of hydrogen-bond acceptors (Lipinski definition) is 3. The Morgan fingerprint density at radius 1 is 1.28 bits per heavy atom. The summed E-state index contributed by atoms with van der Waals surface area (Å²) < 4.78 is 6.65. The number of nitrogens with one attached hydrogen (secondary N) is 1. The zero-order valence-electron chi connectivity index (χ0n) is 17.3. The standard InChI is InChI=1S/C23H27BrN2O3/c1-5-16-11-18(24)10-15(4)22(16)25-23(28)17-12-21(27)26(13-17)19-6-8-20(9-7-19)29-14(2)3/h6-11,14,17H,5,12-13H2,1-4H3,(H,25,28)/t17-/m1/s1. The normalized spacial score (nSPS) is 16.4. The molecule has 0 aromatic heterocycles. The van der Waals surface area contributed by atoms with Crippen LogP contribution in [0, 0.1) is 12.8 Å². The lowest BCUT2D eigenvalue weighted by molar-refractivity contribution is -0.122. The Balaban J connectivity index is 1.71. The van der Waals surface area contributed by atoms with Gasteiger partial charge in [-0.15, -0.1) is 0 Å². The van der Waals surface area contributed by atoms with Gasteiger partial charge in [-0.3, -0.25) is 9.59 Å². The van der Waals surface area contributed by atoms with Crippen LogP contribution in [-0.2, 0) is 16.0 Å². The van der Waals surface area contributed by atoms with E-state index in [9.17, 15) is 9.59 Å². The van der Waals surface area contributed by atoms with Gasteiger partial charge in [0.1, 0.15) is 5.75 Å². The van der Waals surface area contributed by atoms with E-state index >= 15 is 0 Å². The third-order valence-electron chi connectivity index (χ3n) is 5.03. The van der Waals surface area contributed by atoms with Gasteiger partial charge in [0.05, 0.1) is 12.0 Å². The number of anilines is 2. The van der Waals surface area contributed by atoms with Crippen molar-refractivity contribution >= 4 is 39.1 Å². The quantitative estimate of drug-likeness (QED) is 0.654. The fourth-order valence-electron chi connectivity index (χ4n) is 3.61. The number of rotatable bonds is 6.